The maximum Gasteiger partial charge on any atom is 0.228 e. The Labute approximate surface area is 73.8 Å². The van der Waals surface area contributed by atoms with Crippen LogP contribution in [0.1, 0.15) is 26.2 Å². The molecule has 0 saturated heterocycles. The summed E-state index contributed by atoms with van der Waals surface area (Å²) in [6.07, 6.45) is 3.71. The van der Waals surface area contributed by atoms with Gasteiger partial charge in [0.2, 0.25) is 5.78 Å². The molecule has 0 aromatic rings. The highest BCUT2D eigenvalue weighted by molar-refractivity contribution is 6.03. The second-order valence-corrected chi connectivity index (χ2v) is 2.58. The van der Waals surface area contributed by atoms with E-state index in [2.05, 4.69) is 18.4 Å². The van der Waals surface area contributed by atoms with E-state index in [4.69, 9.17) is 5.73 Å². The Morgan fingerprint density at radius 2 is 2.42 bits per heavy atom. The summed E-state index contributed by atoms with van der Waals surface area (Å²) in [7, 11) is 0. The number of carbonyl (C=O) groups excluding carboxylic acids is 1. The van der Waals surface area contributed by atoms with Crippen molar-refractivity contribution in [1.29, 1.82) is 0 Å². The summed E-state index contributed by atoms with van der Waals surface area (Å²) in [6.45, 7) is 5.35. The average molecular weight is 165 g/mol. The van der Waals surface area contributed by atoms with Crippen LogP contribution in [-0.2, 0) is 4.79 Å². The van der Waals surface area contributed by atoms with E-state index in [1.54, 1.807) is 0 Å². The Kier molecular flexibility index (Phi) is 6.04. The third kappa shape index (κ3) is 5.70. The van der Waals surface area contributed by atoms with Crippen molar-refractivity contribution in [2.75, 3.05) is 0 Å². The highest BCUT2D eigenvalue weighted by atomic mass is 16.1. The third-order valence-electron chi connectivity index (χ3n) is 1.56. The predicted octanol–water partition coefficient (Wildman–Crippen LogP) is 1.26. The van der Waals surface area contributed by atoms with Crippen LogP contribution in [0.5, 0.6) is 0 Å². The first-order chi connectivity index (χ1) is 5.70. The van der Waals surface area contributed by atoms with E-state index in [1.165, 1.54) is 6.08 Å². The largest absolute Gasteiger partial charge is 0.328 e. The van der Waals surface area contributed by atoms with E-state index in [-0.39, 0.29) is 11.8 Å². The minimum Gasteiger partial charge on any atom is -0.328 e. The van der Waals surface area contributed by atoms with Gasteiger partial charge in [-0.2, -0.15) is 0 Å². The summed E-state index contributed by atoms with van der Waals surface area (Å²) in [5.41, 5.74) is 5.65. The van der Waals surface area contributed by atoms with Crippen molar-refractivity contribution < 1.29 is 4.79 Å². The third-order valence-corrected chi connectivity index (χ3v) is 1.56. The Bertz CT molecular complexity index is 210. The normalized spacial score (nSPS) is 11.2. The number of allylic oxidation sites excluding steroid dienone is 1. The summed E-state index contributed by atoms with van der Waals surface area (Å²) in [4.78, 5) is 10.6. The molecule has 0 aliphatic carbocycles. The van der Waals surface area contributed by atoms with Gasteiger partial charge in [-0.3, -0.25) is 4.79 Å². The van der Waals surface area contributed by atoms with Crippen LogP contribution in [0.25, 0.3) is 0 Å². The molecule has 0 radical (unpaired) electrons. The zero-order valence-electron chi connectivity index (χ0n) is 7.47. The Balaban J connectivity index is 3.58. The number of hydrogen-bond acceptors (Lipinski definition) is 2. The maximum absolute atomic E-state index is 10.6. The topological polar surface area (TPSA) is 43.1 Å². The number of nitrogens with two attached hydrogens (primary N) is 1. The summed E-state index contributed by atoms with van der Waals surface area (Å²) in [6, 6.07) is 0.207. The van der Waals surface area contributed by atoms with Gasteiger partial charge in [0.15, 0.2) is 0 Å². The van der Waals surface area contributed by atoms with E-state index in [1.807, 2.05) is 6.92 Å². The molecule has 0 saturated carbocycles. The molecule has 0 amide bonds. The van der Waals surface area contributed by atoms with Crippen LogP contribution in [-0.4, -0.2) is 11.8 Å². The molecule has 0 aromatic heterocycles. The first-order valence-electron chi connectivity index (χ1n) is 4.11. The van der Waals surface area contributed by atoms with Gasteiger partial charge < -0.3 is 5.73 Å². The maximum atomic E-state index is 10.6. The minimum absolute atomic E-state index is 0.207. The predicted molar refractivity (Wildman–Crippen MR) is 50.5 cm³/mol. The molecule has 0 aliphatic rings. The van der Waals surface area contributed by atoms with Gasteiger partial charge in [0, 0.05) is 12.5 Å². The standard InChI is InChI=1S/C10H15NO/c1-3-9(11)7-5-6-8-10(12)4-2/h4,9H,2-3,5,7,11H2,1H3/t9-/m0/s1. The van der Waals surface area contributed by atoms with Crippen molar-refractivity contribution in [3.63, 3.8) is 0 Å². The summed E-state index contributed by atoms with van der Waals surface area (Å²) >= 11 is 0. The molecule has 0 spiro atoms. The molecule has 2 N–H and O–H groups in total. The lowest BCUT2D eigenvalue weighted by Crippen LogP contribution is -2.17. The molecule has 2 heteroatoms. The van der Waals surface area contributed by atoms with Crippen LogP contribution in [0, 0.1) is 11.8 Å². The fourth-order valence-electron chi connectivity index (χ4n) is 0.662. The van der Waals surface area contributed by atoms with Crippen molar-refractivity contribution in [1.82, 2.24) is 0 Å². The van der Waals surface area contributed by atoms with Crippen molar-refractivity contribution in [2.24, 2.45) is 5.73 Å². The van der Waals surface area contributed by atoms with E-state index < -0.39 is 0 Å². The molecule has 0 fully saturated rings. The molecule has 0 heterocycles. The minimum atomic E-state index is -0.222. The molecule has 66 valence electrons. The SMILES string of the molecule is C=CC(=O)C#CCC[C@@H](N)CC. The van der Waals surface area contributed by atoms with Gasteiger partial charge in [0.1, 0.15) is 0 Å². The lowest BCUT2D eigenvalue weighted by atomic mass is 10.1. The quantitative estimate of drug-likeness (QED) is 0.387. The van der Waals surface area contributed by atoms with Gasteiger partial charge in [-0.1, -0.05) is 19.4 Å². The van der Waals surface area contributed by atoms with Gasteiger partial charge >= 0.3 is 0 Å². The van der Waals surface area contributed by atoms with Crippen LogP contribution in [0.2, 0.25) is 0 Å². The van der Waals surface area contributed by atoms with Crippen molar-refractivity contribution in [3.05, 3.63) is 12.7 Å². The molecule has 0 unspecified atom stereocenters. The Morgan fingerprint density at radius 1 is 1.75 bits per heavy atom. The van der Waals surface area contributed by atoms with Gasteiger partial charge in [-0.05, 0) is 24.8 Å². The summed E-state index contributed by atoms with van der Waals surface area (Å²) < 4.78 is 0. The van der Waals surface area contributed by atoms with E-state index in [9.17, 15) is 4.79 Å². The van der Waals surface area contributed by atoms with Crippen molar-refractivity contribution in [2.45, 2.75) is 32.2 Å². The van der Waals surface area contributed by atoms with E-state index in [0.29, 0.717) is 6.42 Å². The monoisotopic (exact) mass is 165 g/mol. The fourth-order valence-corrected chi connectivity index (χ4v) is 0.662. The number of ketones is 1. The second kappa shape index (κ2) is 6.63. The summed E-state index contributed by atoms with van der Waals surface area (Å²) in [5, 5.41) is 0. The molecule has 0 rings (SSSR count). The van der Waals surface area contributed by atoms with Crippen LogP contribution >= 0.6 is 0 Å². The lowest BCUT2D eigenvalue weighted by molar-refractivity contribution is -0.109. The molecule has 12 heavy (non-hydrogen) atoms. The van der Waals surface area contributed by atoms with Gasteiger partial charge in [-0.15, -0.1) is 0 Å². The number of hydrogen-bond donors (Lipinski definition) is 1. The molecule has 0 bridgehead atoms. The van der Waals surface area contributed by atoms with Gasteiger partial charge in [-0.25, -0.2) is 0 Å². The fraction of sp³-hybridized carbons (Fsp3) is 0.500. The molecular weight excluding hydrogens is 150 g/mol. The zero-order chi connectivity index (χ0) is 9.40. The first-order valence-corrected chi connectivity index (χ1v) is 4.11. The first kappa shape index (κ1) is 10.9. The van der Waals surface area contributed by atoms with Crippen LogP contribution in [0.4, 0.5) is 0 Å². The molecule has 0 aromatic carbocycles. The number of rotatable bonds is 4. The average Bonchev–Trinajstić information content (AvgIpc) is 2.11. The van der Waals surface area contributed by atoms with Crippen LogP contribution in [0.3, 0.4) is 0 Å². The molecule has 2 nitrogen and oxygen atoms in total. The summed E-state index contributed by atoms with van der Waals surface area (Å²) in [5.74, 6) is 4.98. The zero-order valence-corrected chi connectivity index (χ0v) is 7.47. The van der Waals surface area contributed by atoms with E-state index >= 15 is 0 Å². The Hall–Kier alpha value is -1.07. The highest BCUT2D eigenvalue weighted by Crippen LogP contribution is 1.96. The molecular formula is C10H15NO. The lowest BCUT2D eigenvalue weighted by Gasteiger charge is -2.03. The molecule has 0 aliphatic heterocycles. The van der Waals surface area contributed by atoms with Crippen LogP contribution in [0.15, 0.2) is 12.7 Å². The van der Waals surface area contributed by atoms with Crippen LogP contribution < -0.4 is 5.73 Å². The van der Waals surface area contributed by atoms with E-state index in [0.717, 1.165) is 12.8 Å². The van der Waals surface area contributed by atoms with Gasteiger partial charge in [0.25, 0.3) is 0 Å². The number of carbonyl (C=O) groups is 1. The van der Waals surface area contributed by atoms with Crippen molar-refractivity contribution in [3.8, 4) is 11.8 Å². The Morgan fingerprint density at radius 3 is 2.92 bits per heavy atom. The van der Waals surface area contributed by atoms with Crippen molar-refractivity contribution >= 4 is 5.78 Å². The second-order valence-electron chi connectivity index (χ2n) is 2.58. The highest BCUT2D eigenvalue weighted by Gasteiger charge is 1.95. The molecule has 1 atom stereocenters. The van der Waals surface area contributed by atoms with Gasteiger partial charge in [0.05, 0.1) is 0 Å². The smallest absolute Gasteiger partial charge is 0.228 e.